The molecule has 0 aromatic heterocycles. The molecule has 2 aliphatic heterocycles. The Morgan fingerprint density at radius 2 is 0.857 bits per heavy atom. The molecule has 10 atom stereocenters. The molecule has 0 radical (unpaired) electrons. The van der Waals surface area contributed by atoms with Gasteiger partial charge in [-0.1, -0.05) is 210 Å². The van der Waals surface area contributed by atoms with Gasteiger partial charge in [0.2, 0.25) is 0 Å². The molecule has 0 aliphatic carbocycles. The molecule has 2 N–H and O–H groups in total. The van der Waals surface area contributed by atoms with E-state index < -0.39 is 66.0 Å². The summed E-state index contributed by atoms with van der Waals surface area (Å²) in [5.41, 5.74) is 2.90. The first kappa shape index (κ1) is 52.5. The molecule has 8 rings (SSSR count). The molecule has 2 fully saturated rings. The molecule has 0 unspecified atom stereocenters. The molecule has 2 aliphatic rings. The van der Waals surface area contributed by atoms with Crippen LogP contribution in [0.25, 0.3) is 0 Å². The van der Waals surface area contributed by atoms with E-state index in [0.29, 0.717) is 6.42 Å². The number of hydrogen-bond donors (Lipinski definition) is 2. The van der Waals surface area contributed by atoms with Gasteiger partial charge in [-0.2, -0.15) is 17.6 Å². The summed E-state index contributed by atoms with van der Waals surface area (Å²) in [5, 5.41) is 23.0. The van der Waals surface area contributed by atoms with Gasteiger partial charge in [-0.05, 0) is 35.1 Å². The molecule has 2 heterocycles. The topological polar surface area (TPSA) is 95.8 Å². The Kier molecular flexibility index (Phi) is 17.8. The third-order valence-electron chi connectivity index (χ3n) is 13.4. The van der Waals surface area contributed by atoms with Crippen molar-refractivity contribution in [2.24, 2.45) is 11.8 Å². The van der Waals surface area contributed by atoms with E-state index in [1.165, 1.54) is 36.4 Å². The second-order valence-corrected chi connectivity index (χ2v) is 18.1. The minimum atomic E-state index is -3.75. The van der Waals surface area contributed by atoms with Gasteiger partial charge in [-0.15, -0.1) is 0 Å². The molecule has 8 nitrogen and oxygen atoms in total. The van der Waals surface area contributed by atoms with Crippen molar-refractivity contribution in [3.63, 3.8) is 0 Å². The zero-order chi connectivity index (χ0) is 49.8. The minimum absolute atomic E-state index is 0.0246. The second kappa shape index (κ2) is 23.8. The summed E-state index contributed by atoms with van der Waals surface area (Å²) < 4.78 is 101. The van der Waals surface area contributed by atoms with Gasteiger partial charge in [0.25, 0.3) is 5.79 Å². The van der Waals surface area contributed by atoms with Gasteiger partial charge in [0.15, 0.2) is 11.9 Å². The van der Waals surface area contributed by atoms with Gasteiger partial charge < -0.3 is 38.6 Å². The Morgan fingerprint density at radius 3 is 1.27 bits per heavy atom. The Balaban J connectivity index is 0.000000206. The van der Waals surface area contributed by atoms with Crippen molar-refractivity contribution in [3.8, 4) is 0 Å². The smallest absolute Gasteiger partial charge is 0.328 e. The molecule has 372 valence electrons. The van der Waals surface area contributed by atoms with E-state index in [4.69, 9.17) is 28.4 Å². The molecule has 0 amide bonds. The first-order chi connectivity index (χ1) is 33.7. The van der Waals surface area contributed by atoms with E-state index in [9.17, 15) is 10.2 Å². The van der Waals surface area contributed by atoms with Gasteiger partial charge in [0, 0.05) is 23.0 Å². The van der Waals surface area contributed by atoms with Crippen molar-refractivity contribution in [2.45, 2.75) is 127 Å². The lowest BCUT2D eigenvalue weighted by molar-refractivity contribution is -0.419. The highest BCUT2D eigenvalue weighted by molar-refractivity contribution is 5.26. The van der Waals surface area contributed by atoms with Crippen LogP contribution in [0.2, 0.25) is 0 Å². The standard InChI is InChI=1S/2C29H32F2O4/c1-3-28(32)21(2)25(33-19-22-13-7-4-8-14-22)26(34-20-23-15-9-5-10-16-23)27(35-28)29(30,31)24-17-11-6-12-18-24;1-3-25-21(2)26(33-19-22-13-7-4-8-14-22)27(34-20-23-15-9-5-10-16-23)29(32,35-25)28(30,31)24-17-11-6-12-18-24/h2*4-18,21,25-27,32H,3,19-20H2,1-2H3/t21-,25-,26+,27+,28+;21-,25-,26+,27-,29-/m01/s1. The number of ether oxygens (including phenoxy) is 6. The summed E-state index contributed by atoms with van der Waals surface area (Å²) in [6.07, 6.45) is -6.08. The van der Waals surface area contributed by atoms with Crippen molar-refractivity contribution in [1.82, 2.24) is 0 Å². The van der Waals surface area contributed by atoms with Crippen molar-refractivity contribution < 1.29 is 56.2 Å². The Bertz CT molecular complexity index is 2400. The van der Waals surface area contributed by atoms with Crippen LogP contribution in [0.1, 0.15) is 73.9 Å². The zero-order valence-electron chi connectivity index (χ0n) is 40.0. The van der Waals surface area contributed by atoms with Gasteiger partial charge in [0.05, 0.1) is 44.7 Å². The maximum Gasteiger partial charge on any atom is 0.328 e. The van der Waals surface area contributed by atoms with Crippen molar-refractivity contribution in [2.75, 3.05) is 0 Å². The van der Waals surface area contributed by atoms with E-state index in [1.54, 1.807) is 38.1 Å². The average Bonchev–Trinajstić information content (AvgIpc) is 3.40. The molecule has 2 saturated heterocycles. The molecule has 0 saturated carbocycles. The molecular formula is C58H64F4O8. The highest BCUT2D eigenvalue weighted by atomic mass is 19.3. The Labute approximate surface area is 409 Å². The number of halogens is 4. The third-order valence-corrected chi connectivity index (χ3v) is 13.4. The summed E-state index contributed by atoms with van der Waals surface area (Å²) in [6.45, 7) is 7.75. The normalized spacial score (nSPS) is 27.0. The minimum Gasteiger partial charge on any atom is -0.370 e. The number of benzene rings is 6. The molecule has 0 spiro atoms. The summed E-state index contributed by atoms with van der Waals surface area (Å²) in [6, 6.07) is 52.4. The number of alkyl halides is 4. The SMILES string of the molecule is CC[C@@]1(O)O[C@@H](C(F)(F)c2ccccc2)[C@H](OCc2ccccc2)[C@@H](OCc2ccccc2)[C@@H]1C.CC[C@H]1O[C@@](O)(C(F)(F)c2ccccc2)[C@H](OCc2ccccc2)[C@@H](OCc2ccccc2)[C@@H]1C. The fraction of sp³-hybridized carbons (Fsp3) is 0.379. The lowest BCUT2D eigenvalue weighted by Crippen LogP contribution is -2.68. The van der Waals surface area contributed by atoms with Gasteiger partial charge in [-0.3, -0.25) is 0 Å². The molecule has 12 heteroatoms. The summed E-state index contributed by atoms with van der Waals surface area (Å²) in [4.78, 5) is 0. The zero-order valence-corrected chi connectivity index (χ0v) is 40.0. The van der Waals surface area contributed by atoms with E-state index in [1.807, 2.05) is 135 Å². The van der Waals surface area contributed by atoms with Crippen LogP contribution in [0, 0.1) is 11.8 Å². The van der Waals surface area contributed by atoms with Crippen molar-refractivity contribution >= 4 is 0 Å². The lowest BCUT2D eigenvalue weighted by Gasteiger charge is -2.52. The molecule has 70 heavy (non-hydrogen) atoms. The number of rotatable bonds is 18. The van der Waals surface area contributed by atoms with Crippen molar-refractivity contribution in [3.05, 3.63) is 215 Å². The Morgan fingerprint density at radius 1 is 0.486 bits per heavy atom. The van der Waals surface area contributed by atoms with Crippen LogP contribution in [0.5, 0.6) is 0 Å². The predicted octanol–water partition coefficient (Wildman–Crippen LogP) is 12.2. The number of hydrogen-bond acceptors (Lipinski definition) is 8. The van der Waals surface area contributed by atoms with Gasteiger partial charge in [-0.25, -0.2) is 0 Å². The maximum absolute atomic E-state index is 16.1. The van der Waals surface area contributed by atoms with Crippen LogP contribution < -0.4 is 0 Å². The predicted molar refractivity (Wildman–Crippen MR) is 259 cm³/mol. The Hall–Kier alpha value is -5.28. The van der Waals surface area contributed by atoms with Crippen molar-refractivity contribution in [1.29, 1.82) is 0 Å². The van der Waals surface area contributed by atoms with Gasteiger partial charge >= 0.3 is 11.8 Å². The van der Waals surface area contributed by atoms with E-state index in [-0.39, 0.29) is 49.9 Å². The van der Waals surface area contributed by atoms with E-state index >= 15 is 17.6 Å². The van der Waals surface area contributed by atoms with Gasteiger partial charge in [0.1, 0.15) is 12.2 Å². The highest BCUT2D eigenvalue weighted by Crippen LogP contribution is 2.50. The van der Waals surface area contributed by atoms with Crippen LogP contribution in [-0.2, 0) is 66.7 Å². The third kappa shape index (κ3) is 12.1. The maximum atomic E-state index is 16.1. The summed E-state index contributed by atoms with van der Waals surface area (Å²) in [7, 11) is 0. The lowest BCUT2D eigenvalue weighted by atomic mass is 9.81. The molecule has 6 aromatic carbocycles. The highest BCUT2D eigenvalue weighted by Gasteiger charge is 2.67. The second-order valence-electron chi connectivity index (χ2n) is 18.1. The quantitative estimate of drug-likeness (QED) is 0.0823. The molecular weight excluding hydrogens is 901 g/mol. The largest absolute Gasteiger partial charge is 0.370 e. The molecule has 0 bridgehead atoms. The fourth-order valence-corrected chi connectivity index (χ4v) is 9.22. The molecule has 6 aromatic rings. The average molecular weight is 965 g/mol. The first-order valence-corrected chi connectivity index (χ1v) is 24.0. The monoisotopic (exact) mass is 964 g/mol. The summed E-state index contributed by atoms with van der Waals surface area (Å²) >= 11 is 0. The van der Waals surface area contributed by atoms with Crippen LogP contribution in [0.3, 0.4) is 0 Å². The van der Waals surface area contributed by atoms with Crippen LogP contribution in [-0.4, -0.2) is 58.4 Å². The van der Waals surface area contributed by atoms with Crippen LogP contribution in [0.4, 0.5) is 17.6 Å². The van der Waals surface area contributed by atoms with E-state index in [2.05, 4.69) is 0 Å². The van der Waals surface area contributed by atoms with Crippen LogP contribution in [0.15, 0.2) is 182 Å². The fourth-order valence-electron chi connectivity index (χ4n) is 9.22. The first-order valence-electron chi connectivity index (χ1n) is 24.0. The van der Waals surface area contributed by atoms with Crippen LogP contribution >= 0.6 is 0 Å². The summed E-state index contributed by atoms with van der Waals surface area (Å²) in [5.74, 6) is -12.8. The number of aliphatic hydroxyl groups is 2. The van der Waals surface area contributed by atoms with E-state index in [0.717, 1.165) is 22.3 Å².